The lowest BCUT2D eigenvalue weighted by molar-refractivity contribution is -0.167. The summed E-state index contributed by atoms with van der Waals surface area (Å²) in [6.45, 7) is 5.35. The van der Waals surface area contributed by atoms with Crippen LogP contribution in [-0.4, -0.2) is 55.3 Å². The van der Waals surface area contributed by atoms with Crippen LogP contribution >= 0.6 is 0 Å². The lowest BCUT2D eigenvalue weighted by Gasteiger charge is -2.42. The average Bonchev–Trinajstić information content (AvgIpc) is 2.96. The largest absolute Gasteiger partial charge is 0.493 e. The van der Waals surface area contributed by atoms with Gasteiger partial charge in [0, 0.05) is 24.5 Å². The molecule has 0 radical (unpaired) electrons. The van der Waals surface area contributed by atoms with E-state index in [-0.39, 0.29) is 11.9 Å². The monoisotopic (exact) mass is 561 g/mol. The van der Waals surface area contributed by atoms with E-state index in [1.807, 2.05) is 24.3 Å². The van der Waals surface area contributed by atoms with Crippen LogP contribution < -0.4 is 25.8 Å². The van der Waals surface area contributed by atoms with Gasteiger partial charge in [0.05, 0.1) is 31.1 Å². The van der Waals surface area contributed by atoms with Crippen LogP contribution in [0.3, 0.4) is 0 Å². The van der Waals surface area contributed by atoms with Crippen LogP contribution in [0.5, 0.6) is 11.5 Å². The molecule has 3 aromatic rings. The van der Waals surface area contributed by atoms with Crippen LogP contribution in [0.15, 0.2) is 36.4 Å². The number of aryl methyl sites for hydroxylation is 1. The van der Waals surface area contributed by atoms with Crippen LogP contribution in [0.2, 0.25) is 0 Å². The molecule has 1 saturated heterocycles. The van der Waals surface area contributed by atoms with Crippen LogP contribution in [0.4, 0.5) is 11.8 Å². The molecule has 4 N–H and O–H groups in total. The molecule has 41 heavy (non-hydrogen) atoms. The molecule has 1 fully saturated rings. The lowest BCUT2D eigenvalue weighted by atomic mass is 9.72. The van der Waals surface area contributed by atoms with Gasteiger partial charge in [-0.15, -0.1) is 0 Å². The number of hydrogen-bond donors (Lipinski definition) is 2. The highest BCUT2D eigenvalue weighted by molar-refractivity contribution is 5.92. The van der Waals surface area contributed by atoms with Gasteiger partial charge in [0.1, 0.15) is 11.9 Å². The third-order valence-corrected chi connectivity index (χ3v) is 8.48. The number of anilines is 2. The molecule has 2 aromatic carbocycles. The molecule has 2 atom stereocenters. The maximum atomic E-state index is 13.9. The van der Waals surface area contributed by atoms with E-state index >= 15 is 0 Å². The number of piperidine rings is 1. The summed E-state index contributed by atoms with van der Waals surface area (Å²) < 4.78 is 17.0. The van der Waals surface area contributed by atoms with E-state index < -0.39 is 23.3 Å². The Balaban J connectivity index is 1.37. The normalized spacial score (nSPS) is 20.0. The summed E-state index contributed by atoms with van der Waals surface area (Å²) in [5, 5.41) is 0.680. The molecule has 1 amide bonds. The third kappa shape index (κ3) is 5.47. The number of nitrogens with two attached hydrogens (primary N) is 2. The Labute approximate surface area is 240 Å². The number of esters is 1. The highest BCUT2D eigenvalue weighted by Crippen LogP contribution is 2.43. The number of rotatable bonds is 8. The van der Waals surface area contributed by atoms with E-state index in [0.717, 1.165) is 17.5 Å². The van der Waals surface area contributed by atoms with E-state index in [0.29, 0.717) is 72.9 Å². The molecular formula is C31H39N5O5. The van der Waals surface area contributed by atoms with Gasteiger partial charge in [-0.25, -0.2) is 4.98 Å². The summed E-state index contributed by atoms with van der Waals surface area (Å²) in [7, 11) is 3.14. The summed E-state index contributed by atoms with van der Waals surface area (Å²) in [6.07, 6.45) is 2.55. The summed E-state index contributed by atoms with van der Waals surface area (Å²) in [5.74, 6) is 0.873. The summed E-state index contributed by atoms with van der Waals surface area (Å²) in [6, 6.07) is 11.3. The van der Waals surface area contributed by atoms with Gasteiger partial charge in [0.25, 0.3) is 0 Å². The Bertz CT molecular complexity index is 1450. The number of methoxy groups -OCH3 is 2. The highest BCUT2D eigenvalue weighted by atomic mass is 16.5. The Morgan fingerprint density at radius 2 is 1.76 bits per heavy atom. The second-order valence-corrected chi connectivity index (χ2v) is 11.6. The Kier molecular flexibility index (Phi) is 7.93. The van der Waals surface area contributed by atoms with Crippen molar-refractivity contribution < 1.29 is 23.8 Å². The van der Waals surface area contributed by atoms with Crippen molar-refractivity contribution in [3.05, 3.63) is 47.5 Å². The number of aromatic nitrogens is 2. The van der Waals surface area contributed by atoms with E-state index in [1.54, 1.807) is 26.4 Å². The van der Waals surface area contributed by atoms with Gasteiger partial charge in [-0.2, -0.15) is 4.98 Å². The third-order valence-electron chi connectivity index (χ3n) is 8.48. The SMILES string of the molecule is COc1cc2nc(N3CCC(CC(C)C)(C(=O)OC4CCc5ccccc5C4C(N)=O)CC3)nc(N)c2cc1OC. The second-order valence-electron chi connectivity index (χ2n) is 11.6. The van der Waals surface area contributed by atoms with Crippen molar-refractivity contribution in [1.29, 1.82) is 0 Å². The first-order valence-electron chi connectivity index (χ1n) is 14.2. The zero-order valence-corrected chi connectivity index (χ0v) is 24.2. The molecule has 2 unspecified atom stereocenters. The van der Waals surface area contributed by atoms with Crippen molar-refractivity contribution in [2.45, 2.75) is 58.0 Å². The number of nitrogen functional groups attached to an aromatic ring is 1. The molecule has 10 nitrogen and oxygen atoms in total. The van der Waals surface area contributed by atoms with E-state index in [2.05, 4.69) is 23.7 Å². The van der Waals surface area contributed by atoms with Crippen molar-refractivity contribution in [3.8, 4) is 11.5 Å². The van der Waals surface area contributed by atoms with Crippen molar-refractivity contribution in [3.63, 3.8) is 0 Å². The van der Waals surface area contributed by atoms with Gasteiger partial charge in [0.15, 0.2) is 11.5 Å². The van der Waals surface area contributed by atoms with Crippen molar-refractivity contribution in [2.24, 2.45) is 17.1 Å². The number of amides is 1. The summed E-state index contributed by atoms with van der Waals surface area (Å²) in [4.78, 5) is 37.9. The number of carbonyl (C=O) groups is 2. The van der Waals surface area contributed by atoms with Gasteiger partial charge in [-0.1, -0.05) is 38.1 Å². The van der Waals surface area contributed by atoms with Crippen molar-refractivity contribution >= 4 is 34.5 Å². The first-order valence-corrected chi connectivity index (χ1v) is 14.2. The predicted octanol–water partition coefficient (Wildman–Crippen LogP) is 3.99. The average molecular weight is 562 g/mol. The summed E-state index contributed by atoms with van der Waals surface area (Å²) >= 11 is 0. The number of benzene rings is 2. The number of carbonyl (C=O) groups excluding carboxylic acids is 2. The van der Waals surface area contributed by atoms with Gasteiger partial charge >= 0.3 is 5.97 Å². The molecule has 2 aliphatic rings. The van der Waals surface area contributed by atoms with Crippen LogP contribution in [-0.2, 0) is 20.7 Å². The number of ether oxygens (including phenoxy) is 3. The first-order chi connectivity index (χ1) is 19.7. The molecule has 5 rings (SSSR count). The number of hydrogen-bond acceptors (Lipinski definition) is 9. The quantitative estimate of drug-likeness (QED) is 0.390. The lowest BCUT2D eigenvalue weighted by Crippen LogP contribution is -2.48. The van der Waals surface area contributed by atoms with Crippen LogP contribution in [0.25, 0.3) is 10.9 Å². The standard InChI is InChI=1S/C31H39N5O5/c1-18(2)17-31(29(38)41-23-10-9-19-7-5-6-8-20(19)26(23)28(33)37)11-13-36(14-12-31)30-34-22-16-25(40-4)24(39-3)15-21(22)27(32)35-30/h5-8,15-16,18,23,26H,9-14,17H2,1-4H3,(H2,33,37)(H2,32,34,35). The van der Waals surface area contributed by atoms with Crippen molar-refractivity contribution in [2.75, 3.05) is 37.9 Å². The minimum absolute atomic E-state index is 0.253. The Morgan fingerprint density at radius 3 is 2.41 bits per heavy atom. The molecule has 218 valence electrons. The first kappa shape index (κ1) is 28.4. The minimum Gasteiger partial charge on any atom is -0.493 e. The fourth-order valence-corrected chi connectivity index (χ4v) is 6.47. The van der Waals surface area contributed by atoms with Crippen LogP contribution in [0.1, 0.15) is 56.6 Å². The van der Waals surface area contributed by atoms with Gasteiger partial charge in [0.2, 0.25) is 11.9 Å². The molecule has 0 bridgehead atoms. The van der Waals surface area contributed by atoms with E-state index in [9.17, 15) is 9.59 Å². The van der Waals surface area contributed by atoms with Gasteiger partial charge in [-0.05, 0) is 55.2 Å². The highest BCUT2D eigenvalue weighted by Gasteiger charge is 2.46. The summed E-state index contributed by atoms with van der Waals surface area (Å²) in [5.41, 5.74) is 14.1. The van der Waals surface area contributed by atoms with Crippen LogP contribution in [0, 0.1) is 11.3 Å². The topological polar surface area (TPSA) is 143 Å². The predicted molar refractivity (Wildman–Crippen MR) is 157 cm³/mol. The van der Waals surface area contributed by atoms with Gasteiger partial charge in [-0.3, -0.25) is 9.59 Å². The molecule has 10 heteroatoms. The molecule has 2 heterocycles. The van der Waals surface area contributed by atoms with E-state index in [4.69, 9.17) is 30.7 Å². The Morgan fingerprint density at radius 1 is 1.07 bits per heavy atom. The smallest absolute Gasteiger partial charge is 0.312 e. The second kappa shape index (κ2) is 11.4. The maximum Gasteiger partial charge on any atom is 0.312 e. The number of fused-ring (bicyclic) bond motifs is 2. The molecule has 1 aromatic heterocycles. The van der Waals surface area contributed by atoms with Gasteiger partial charge < -0.3 is 30.6 Å². The number of nitrogens with zero attached hydrogens (tertiary/aromatic N) is 3. The Hall–Kier alpha value is -4.08. The zero-order chi connectivity index (χ0) is 29.3. The molecular weight excluding hydrogens is 522 g/mol. The molecule has 1 aliphatic heterocycles. The fraction of sp³-hybridized carbons (Fsp3) is 0.484. The van der Waals surface area contributed by atoms with Crippen molar-refractivity contribution in [1.82, 2.24) is 9.97 Å². The minimum atomic E-state index is -0.678. The molecule has 0 saturated carbocycles. The number of primary amides is 1. The fourth-order valence-electron chi connectivity index (χ4n) is 6.47. The maximum absolute atomic E-state index is 13.9. The molecule has 0 spiro atoms. The molecule has 1 aliphatic carbocycles. The zero-order valence-electron chi connectivity index (χ0n) is 24.2. The van der Waals surface area contributed by atoms with E-state index in [1.165, 1.54) is 0 Å².